The second-order valence-electron chi connectivity index (χ2n) is 9.01. The van der Waals surface area contributed by atoms with Gasteiger partial charge in [0.1, 0.15) is 11.5 Å². The summed E-state index contributed by atoms with van der Waals surface area (Å²) in [5.41, 5.74) is 7.48. The Kier molecular flexibility index (Phi) is 8.81. The molecular formula is C23H27F5N6O3. The van der Waals surface area contributed by atoms with E-state index in [4.69, 9.17) is 5.73 Å². The molecule has 4 N–H and O–H groups in total. The average Bonchev–Trinajstić information content (AvgIpc) is 3.40. The number of alkyl halides is 5. The minimum Gasteiger partial charge on any atom is -0.364 e. The number of carbonyl (C=O) groups is 2. The maximum atomic E-state index is 13.6. The van der Waals surface area contributed by atoms with Crippen LogP contribution in [0.15, 0.2) is 22.8 Å². The Morgan fingerprint density at radius 2 is 2.03 bits per heavy atom. The number of halogens is 5. The van der Waals surface area contributed by atoms with Crippen LogP contribution in [-0.4, -0.2) is 44.2 Å². The number of nitrogens with zero attached hydrogens (tertiary/aromatic N) is 3. The first-order valence-corrected chi connectivity index (χ1v) is 11.6. The van der Waals surface area contributed by atoms with E-state index in [1.807, 2.05) is 0 Å². The zero-order valence-electron chi connectivity index (χ0n) is 20.0. The molecule has 14 heteroatoms. The van der Waals surface area contributed by atoms with Gasteiger partial charge < -0.3 is 16.0 Å². The molecule has 37 heavy (non-hydrogen) atoms. The summed E-state index contributed by atoms with van der Waals surface area (Å²) in [6.45, 7) is 1.70. The van der Waals surface area contributed by atoms with Gasteiger partial charge in [0.05, 0.1) is 17.5 Å². The van der Waals surface area contributed by atoms with Crippen LogP contribution in [0.2, 0.25) is 0 Å². The third-order valence-corrected chi connectivity index (χ3v) is 5.83. The molecule has 1 fully saturated rings. The monoisotopic (exact) mass is 530 g/mol. The van der Waals surface area contributed by atoms with Crippen molar-refractivity contribution in [2.24, 2.45) is 11.7 Å². The number of carbonyl (C=O) groups excluding carboxylic acids is 2. The minimum atomic E-state index is -4.36. The summed E-state index contributed by atoms with van der Waals surface area (Å²) in [7, 11) is 0. The molecule has 3 aromatic rings. The van der Waals surface area contributed by atoms with Gasteiger partial charge in [-0.1, -0.05) is 11.2 Å². The van der Waals surface area contributed by atoms with E-state index >= 15 is 0 Å². The van der Waals surface area contributed by atoms with Gasteiger partial charge in [-0.2, -0.15) is 13.2 Å². The number of aromatic amines is 1. The number of aromatic nitrogens is 4. The summed E-state index contributed by atoms with van der Waals surface area (Å²) in [5, 5.41) is 9.07. The molecule has 1 aliphatic rings. The van der Waals surface area contributed by atoms with Crippen LogP contribution in [0.1, 0.15) is 66.1 Å². The van der Waals surface area contributed by atoms with Gasteiger partial charge in [-0.3, -0.25) is 9.59 Å². The number of primary amides is 1. The number of hydrogen-bond donors (Lipinski definition) is 3. The number of nitrogens with two attached hydrogens (primary N) is 1. The van der Waals surface area contributed by atoms with Crippen molar-refractivity contribution in [3.05, 3.63) is 41.0 Å². The van der Waals surface area contributed by atoms with Crippen LogP contribution in [0.3, 0.4) is 0 Å². The highest BCUT2D eigenvalue weighted by atomic mass is 19.4. The standard InChI is InChI=1S/C19H22F5N3O.C4H5N3O2/c20-18(21)6-1-2-12(10-18)9-16-26-14-4-3-13(8-15(14)27-16)11-25-17(28)5-7-19(22,23)24;1-2-3(4(5)8)7-9-6-2/h3-4,8,12H,1-2,5-7,9-11H2,(H,25,28)(H,26,27);1H3,(H2,5,8). The van der Waals surface area contributed by atoms with E-state index in [0.29, 0.717) is 41.0 Å². The SMILES string of the molecule is Cc1nonc1C(N)=O.O=C(CCC(F)(F)F)NCc1ccc2nc(CC3CCCC(F)(F)C3)[nH]c2c1. The Labute approximate surface area is 208 Å². The van der Waals surface area contributed by atoms with Crippen molar-refractivity contribution >= 4 is 22.8 Å². The number of rotatable bonds is 7. The molecule has 4 rings (SSSR count). The molecule has 1 aliphatic carbocycles. The van der Waals surface area contributed by atoms with Crippen LogP contribution >= 0.6 is 0 Å². The van der Waals surface area contributed by atoms with Crippen molar-refractivity contribution in [3.63, 3.8) is 0 Å². The topological polar surface area (TPSA) is 140 Å². The number of benzene rings is 1. The van der Waals surface area contributed by atoms with Gasteiger partial charge in [0.25, 0.3) is 5.91 Å². The molecule has 2 amide bonds. The Hall–Kier alpha value is -3.58. The molecule has 9 nitrogen and oxygen atoms in total. The van der Waals surface area contributed by atoms with Crippen molar-refractivity contribution in [2.45, 2.75) is 70.5 Å². The smallest absolute Gasteiger partial charge is 0.364 e. The van der Waals surface area contributed by atoms with Crippen LogP contribution in [0.4, 0.5) is 22.0 Å². The molecule has 202 valence electrons. The van der Waals surface area contributed by atoms with E-state index < -0.39 is 36.8 Å². The maximum Gasteiger partial charge on any atom is 0.389 e. The van der Waals surface area contributed by atoms with Gasteiger partial charge in [0.2, 0.25) is 11.8 Å². The lowest BCUT2D eigenvalue weighted by Crippen LogP contribution is -2.27. The molecule has 0 radical (unpaired) electrons. The summed E-state index contributed by atoms with van der Waals surface area (Å²) in [6.07, 6.45) is -4.58. The molecule has 2 heterocycles. The van der Waals surface area contributed by atoms with Crippen molar-refractivity contribution < 1.29 is 36.2 Å². The normalized spacial score (nSPS) is 17.2. The lowest BCUT2D eigenvalue weighted by Gasteiger charge is -2.28. The number of hydrogen-bond acceptors (Lipinski definition) is 6. The van der Waals surface area contributed by atoms with Gasteiger partial charge in [0.15, 0.2) is 5.69 Å². The molecule has 1 saturated carbocycles. The average molecular weight is 530 g/mol. The highest BCUT2D eigenvalue weighted by Gasteiger charge is 2.36. The van der Waals surface area contributed by atoms with Gasteiger partial charge in [-0.05, 0) is 48.5 Å². The Morgan fingerprint density at radius 1 is 1.27 bits per heavy atom. The minimum absolute atomic E-state index is 0.0539. The van der Waals surface area contributed by atoms with Gasteiger partial charge in [-0.15, -0.1) is 0 Å². The zero-order chi connectivity index (χ0) is 27.2. The summed E-state index contributed by atoms with van der Waals surface area (Å²) in [5.74, 6) is -3.36. The first-order chi connectivity index (χ1) is 17.3. The number of aryl methyl sites for hydroxylation is 1. The number of amides is 2. The lowest BCUT2D eigenvalue weighted by molar-refractivity contribution is -0.144. The van der Waals surface area contributed by atoms with Crippen LogP contribution in [0, 0.1) is 12.8 Å². The van der Waals surface area contributed by atoms with Crippen molar-refractivity contribution in [1.29, 1.82) is 0 Å². The molecule has 1 aromatic carbocycles. The number of imidazole rings is 1. The van der Waals surface area contributed by atoms with Crippen LogP contribution < -0.4 is 11.1 Å². The van der Waals surface area contributed by atoms with E-state index in [2.05, 4.69) is 30.2 Å². The highest BCUT2D eigenvalue weighted by Crippen LogP contribution is 2.37. The lowest BCUT2D eigenvalue weighted by atomic mass is 9.84. The molecular weight excluding hydrogens is 503 g/mol. The first kappa shape index (κ1) is 28.0. The zero-order valence-corrected chi connectivity index (χ0v) is 20.0. The van der Waals surface area contributed by atoms with E-state index in [-0.39, 0.29) is 31.0 Å². The van der Waals surface area contributed by atoms with Gasteiger partial charge in [0, 0.05) is 32.2 Å². The van der Waals surface area contributed by atoms with Crippen LogP contribution in [0.5, 0.6) is 0 Å². The molecule has 0 spiro atoms. The first-order valence-electron chi connectivity index (χ1n) is 11.6. The predicted octanol–water partition coefficient (Wildman–Crippen LogP) is 4.37. The van der Waals surface area contributed by atoms with Gasteiger partial charge in [-0.25, -0.2) is 18.4 Å². The quantitative estimate of drug-likeness (QED) is 0.388. The summed E-state index contributed by atoms with van der Waals surface area (Å²) in [6, 6.07) is 5.22. The Bertz CT molecular complexity index is 1220. The molecule has 0 saturated heterocycles. The van der Waals surface area contributed by atoms with Crippen LogP contribution in [0.25, 0.3) is 11.0 Å². The maximum absolute atomic E-state index is 13.6. The third-order valence-electron chi connectivity index (χ3n) is 5.83. The molecule has 1 unspecified atom stereocenters. The van der Waals surface area contributed by atoms with Crippen LogP contribution in [-0.2, 0) is 17.8 Å². The summed E-state index contributed by atoms with van der Waals surface area (Å²) in [4.78, 5) is 29.4. The Morgan fingerprint density at radius 3 is 2.62 bits per heavy atom. The molecule has 0 bridgehead atoms. The van der Waals surface area contributed by atoms with E-state index in [1.165, 1.54) is 0 Å². The van der Waals surface area contributed by atoms with E-state index in [0.717, 1.165) is 6.42 Å². The summed E-state index contributed by atoms with van der Waals surface area (Å²) < 4.78 is 67.7. The second-order valence-corrected chi connectivity index (χ2v) is 9.01. The Balaban J connectivity index is 0.000000356. The number of fused-ring (bicyclic) bond motifs is 1. The number of nitrogens with one attached hydrogen (secondary N) is 2. The van der Waals surface area contributed by atoms with Crippen molar-refractivity contribution in [2.75, 3.05) is 0 Å². The predicted molar refractivity (Wildman–Crippen MR) is 121 cm³/mol. The fraction of sp³-hybridized carbons (Fsp3) is 0.522. The fourth-order valence-electron chi connectivity index (χ4n) is 4.04. The van der Waals surface area contributed by atoms with E-state index in [1.54, 1.807) is 25.1 Å². The molecule has 2 aromatic heterocycles. The van der Waals surface area contributed by atoms with Crippen molar-refractivity contribution in [1.82, 2.24) is 25.6 Å². The third kappa shape index (κ3) is 8.79. The highest BCUT2D eigenvalue weighted by molar-refractivity contribution is 5.91. The fourth-order valence-corrected chi connectivity index (χ4v) is 4.04. The molecule has 1 atom stereocenters. The van der Waals surface area contributed by atoms with E-state index in [9.17, 15) is 31.5 Å². The largest absolute Gasteiger partial charge is 0.389 e. The summed E-state index contributed by atoms with van der Waals surface area (Å²) >= 11 is 0. The van der Waals surface area contributed by atoms with Gasteiger partial charge >= 0.3 is 6.18 Å². The van der Waals surface area contributed by atoms with Crippen molar-refractivity contribution in [3.8, 4) is 0 Å². The second kappa shape index (κ2) is 11.6. The molecule has 0 aliphatic heterocycles. The number of H-pyrrole nitrogens is 1.